The molecule has 10 heteroatoms. The van der Waals surface area contributed by atoms with Gasteiger partial charge in [-0.2, -0.15) is 0 Å². The quantitative estimate of drug-likeness (QED) is 0.176. The molecule has 0 amide bonds. The highest BCUT2D eigenvalue weighted by atomic mass is 32.2. The topological polar surface area (TPSA) is 118 Å². The number of hydrogen-bond acceptors (Lipinski definition) is 10. The summed E-state index contributed by atoms with van der Waals surface area (Å²) in [4.78, 5) is 38.5. The normalized spacial score (nSPS) is 34.8. The number of hydrogen-bond donors (Lipinski definition) is 1. The van der Waals surface area contributed by atoms with Crippen molar-refractivity contribution >= 4 is 30.0 Å². The van der Waals surface area contributed by atoms with Gasteiger partial charge in [0.05, 0.1) is 30.5 Å². The van der Waals surface area contributed by atoms with Crippen LogP contribution < -0.4 is 0 Å². The molecule has 0 spiro atoms. The van der Waals surface area contributed by atoms with E-state index >= 15 is 0 Å². The van der Waals surface area contributed by atoms with E-state index in [1.54, 1.807) is 13.8 Å². The second-order valence-electron chi connectivity index (χ2n) is 10.4. The summed E-state index contributed by atoms with van der Waals surface area (Å²) in [6, 6.07) is 0. The van der Waals surface area contributed by atoms with Gasteiger partial charge in [0, 0.05) is 11.8 Å². The van der Waals surface area contributed by atoms with E-state index in [1.807, 2.05) is 0 Å². The second kappa shape index (κ2) is 8.77. The van der Waals surface area contributed by atoms with Gasteiger partial charge in [0.2, 0.25) is 0 Å². The second-order valence-corrected chi connectivity index (χ2v) is 11.7. The first kappa shape index (κ1) is 23.8. The molecule has 4 rings (SSSR count). The highest BCUT2D eigenvalue weighted by molar-refractivity contribution is 7.96. The molecule has 0 aromatic carbocycles. The van der Waals surface area contributed by atoms with Crippen LogP contribution >= 0.6 is 12.0 Å². The van der Waals surface area contributed by atoms with Gasteiger partial charge < -0.3 is 14.2 Å². The van der Waals surface area contributed by atoms with E-state index in [0.717, 1.165) is 25.7 Å². The fourth-order valence-corrected chi connectivity index (χ4v) is 6.58. The zero-order valence-corrected chi connectivity index (χ0v) is 19.7. The molecule has 0 aromatic heterocycles. The maximum absolute atomic E-state index is 13.4. The Kier molecular flexibility index (Phi) is 6.52. The minimum Gasteiger partial charge on any atom is -0.464 e. The Bertz CT molecular complexity index is 761. The van der Waals surface area contributed by atoms with Crippen molar-refractivity contribution in [2.75, 3.05) is 6.61 Å². The summed E-state index contributed by atoms with van der Waals surface area (Å²) in [5.74, 6) is -2.44. The van der Waals surface area contributed by atoms with Gasteiger partial charge >= 0.3 is 17.9 Å². The lowest BCUT2D eigenvalue weighted by molar-refractivity contribution is -0.432. The fraction of sp³-hybridized carbons (Fsp3) is 0.864. The first-order valence-corrected chi connectivity index (χ1v) is 12.1. The minimum absolute atomic E-state index is 0.0355. The van der Waals surface area contributed by atoms with Crippen molar-refractivity contribution < 1.29 is 43.2 Å². The third kappa shape index (κ3) is 3.93. The van der Waals surface area contributed by atoms with Crippen molar-refractivity contribution in [1.29, 1.82) is 0 Å². The summed E-state index contributed by atoms with van der Waals surface area (Å²) in [5, 5.41) is 11.9. The Hall–Kier alpha value is -1.36. The third-order valence-electron chi connectivity index (χ3n) is 8.02. The van der Waals surface area contributed by atoms with Gasteiger partial charge in [-0.25, -0.2) is 5.26 Å². The van der Waals surface area contributed by atoms with Crippen molar-refractivity contribution in [1.82, 2.24) is 0 Å². The van der Waals surface area contributed by atoms with Gasteiger partial charge in [-0.05, 0) is 57.8 Å². The average molecular weight is 473 g/mol. The lowest BCUT2D eigenvalue weighted by Crippen LogP contribution is -2.45. The summed E-state index contributed by atoms with van der Waals surface area (Å²) in [5.41, 5.74) is -0.460. The van der Waals surface area contributed by atoms with E-state index in [9.17, 15) is 14.4 Å². The Balaban J connectivity index is 1.46. The first-order chi connectivity index (χ1) is 15.1. The Morgan fingerprint density at radius 1 is 1.25 bits per heavy atom. The highest BCUT2D eigenvalue weighted by Gasteiger charge is 2.69. The molecule has 0 radical (unpaired) electrons. The maximum atomic E-state index is 13.4. The molecule has 3 saturated carbocycles. The Morgan fingerprint density at radius 2 is 1.94 bits per heavy atom. The van der Waals surface area contributed by atoms with E-state index in [2.05, 4.69) is 23.2 Å². The van der Waals surface area contributed by atoms with Crippen LogP contribution in [-0.2, 0) is 38.0 Å². The van der Waals surface area contributed by atoms with Crippen LogP contribution in [0, 0.1) is 35.5 Å². The van der Waals surface area contributed by atoms with Crippen molar-refractivity contribution in [2.45, 2.75) is 76.3 Å². The molecule has 1 aliphatic heterocycles. The molecule has 1 heterocycles. The SMILES string of the molecule is CC(C)C1(OC(=O)C2C3CC4C(OC(=O)C42)C3COC(=O)C(C)(C)SOOO)CCCC1. The molecule has 1 saturated heterocycles. The van der Waals surface area contributed by atoms with E-state index in [0.29, 0.717) is 18.5 Å². The zero-order valence-electron chi connectivity index (χ0n) is 18.9. The summed E-state index contributed by atoms with van der Waals surface area (Å²) in [6.45, 7) is 7.32. The zero-order chi connectivity index (χ0) is 23.3. The summed E-state index contributed by atoms with van der Waals surface area (Å²) >= 11 is 0.619. The number of carbonyl (C=O) groups is 3. The van der Waals surface area contributed by atoms with Gasteiger partial charge in [0.15, 0.2) is 0 Å². The number of ether oxygens (including phenoxy) is 3. The molecule has 1 N–H and O–H groups in total. The van der Waals surface area contributed by atoms with Crippen molar-refractivity contribution in [3.05, 3.63) is 0 Å². The van der Waals surface area contributed by atoms with Crippen LogP contribution in [0.3, 0.4) is 0 Å². The molecule has 6 unspecified atom stereocenters. The van der Waals surface area contributed by atoms with Crippen LogP contribution in [0.4, 0.5) is 0 Å². The molecule has 0 aromatic rings. The maximum Gasteiger partial charge on any atom is 0.324 e. The number of rotatable bonds is 9. The average Bonchev–Trinajstić information content (AvgIpc) is 3.47. The van der Waals surface area contributed by atoms with Crippen LogP contribution in [0.25, 0.3) is 0 Å². The minimum atomic E-state index is -1.13. The predicted octanol–water partition coefficient (Wildman–Crippen LogP) is 3.31. The predicted molar refractivity (Wildman–Crippen MR) is 112 cm³/mol. The molecule has 3 aliphatic carbocycles. The van der Waals surface area contributed by atoms with Crippen molar-refractivity contribution in [3.63, 3.8) is 0 Å². The Labute approximate surface area is 191 Å². The molecule has 180 valence electrons. The third-order valence-corrected chi connectivity index (χ3v) is 8.73. The molecule has 4 fully saturated rings. The largest absolute Gasteiger partial charge is 0.464 e. The standard InChI is InChI=1S/C22H32O9S/c1-11(2)22(7-5-6-8-22)29-19(24)15-12-9-13-16(15)18(23)28-17(13)14(12)10-27-20(25)21(3,4)32-31-30-26/h11-17,26H,5-10H2,1-4H3. The summed E-state index contributed by atoms with van der Waals surface area (Å²) in [7, 11) is 0. The Morgan fingerprint density at radius 3 is 2.56 bits per heavy atom. The van der Waals surface area contributed by atoms with Crippen LogP contribution in [0.1, 0.15) is 59.8 Å². The van der Waals surface area contributed by atoms with Crippen LogP contribution in [0.2, 0.25) is 0 Å². The van der Waals surface area contributed by atoms with Gasteiger partial charge in [0.1, 0.15) is 16.5 Å². The van der Waals surface area contributed by atoms with E-state index < -0.39 is 28.2 Å². The molecular weight excluding hydrogens is 440 g/mol. The van der Waals surface area contributed by atoms with Crippen LogP contribution in [0.15, 0.2) is 0 Å². The molecular formula is C22H32O9S. The molecule has 32 heavy (non-hydrogen) atoms. The van der Waals surface area contributed by atoms with Gasteiger partial charge in [-0.1, -0.05) is 18.9 Å². The number of esters is 3. The summed E-state index contributed by atoms with van der Waals surface area (Å²) in [6.07, 6.45) is 4.12. The molecule has 2 bridgehead atoms. The van der Waals surface area contributed by atoms with Crippen LogP contribution in [0.5, 0.6) is 0 Å². The van der Waals surface area contributed by atoms with Crippen molar-refractivity contribution in [3.8, 4) is 0 Å². The van der Waals surface area contributed by atoms with Gasteiger partial charge in [0.25, 0.3) is 0 Å². The van der Waals surface area contributed by atoms with Gasteiger partial charge in [-0.3, -0.25) is 14.4 Å². The number of fused-ring (bicyclic) bond motifs is 1. The van der Waals surface area contributed by atoms with Gasteiger partial charge in [-0.15, -0.1) is 4.33 Å². The molecule has 9 nitrogen and oxygen atoms in total. The smallest absolute Gasteiger partial charge is 0.324 e. The van der Waals surface area contributed by atoms with E-state index in [1.165, 1.54) is 0 Å². The lowest BCUT2D eigenvalue weighted by Gasteiger charge is -2.37. The molecule has 4 aliphatic rings. The van der Waals surface area contributed by atoms with Crippen molar-refractivity contribution in [2.24, 2.45) is 35.5 Å². The molecule has 6 atom stereocenters. The highest BCUT2D eigenvalue weighted by Crippen LogP contribution is 2.61. The van der Waals surface area contributed by atoms with E-state index in [-0.39, 0.29) is 48.3 Å². The lowest BCUT2D eigenvalue weighted by atomic mass is 9.74. The number of carbonyl (C=O) groups excluding carboxylic acids is 3. The first-order valence-electron chi connectivity index (χ1n) is 11.4. The van der Waals surface area contributed by atoms with E-state index in [4.69, 9.17) is 19.5 Å². The summed E-state index contributed by atoms with van der Waals surface area (Å²) < 4.78 is 20.6. The monoisotopic (exact) mass is 472 g/mol. The fourth-order valence-electron chi connectivity index (χ4n) is 6.25. The van der Waals surface area contributed by atoms with Crippen LogP contribution in [-0.4, -0.2) is 46.2 Å².